The van der Waals surface area contributed by atoms with Crippen LogP contribution in [-0.4, -0.2) is 9.79 Å². The molecule has 0 bridgehead atoms. The molecule has 0 saturated carbocycles. The van der Waals surface area contributed by atoms with Gasteiger partial charge in [0, 0.05) is 27.3 Å². The molecule has 9 heteroatoms. The fourth-order valence-electron chi connectivity index (χ4n) is 2.08. The Morgan fingerprint density at radius 1 is 1.04 bits per heavy atom. The summed E-state index contributed by atoms with van der Waals surface area (Å²) in [5.41, 5.74) is -1.85. The molecule has 0 radical (unpaired) electrons. The van der Waals surface area contributed by atoms with E-state index in [9.17, 15) is 13.3 Å². The number of alkyl halides is 2. The molecular formula is C16H16BrF2O3PS2. The molecule has 2 rings (SSSR count). The molecule has 0 aliphatic carbocycles. The van der Waals surface area contributed by atoms with Gasteiger partial charge < -0.3 is 9.79 Å². The summed E-state index contributed by atoms with van der Waals surface area (Å²) < 4.78 is 38.5. The predicted octanol–water partition coefficient (Wildman–Crippen LogP) is 5.54. The Bertz CT molecular complexity index is 781. The molecule has 0 unspecified atom stereocenters. The molecule has 0 fully saturated rings. The maximum atomic E-state index is 13.8. The number of thiol groups is 1. The van der Waals surface area contributed by atoms with Crippen LogP contribution in [0.3, 0.4) is 0 Å². The van der Waals surface area contributed by atoms with Gasteiger partial charge in [-0.25, -0.2) is 0 Å². The summed E-state index contributed by atoms with van der Waals surface area (Å²) in [6, 6.07) is 12.1. The second kappa shape index (κ2) is 8.55. The van der Waals surface area contributed by atoms with Crippen LogP contribution in [0.15, 0.2) is 46.9 Å². The molecule has 0 aliphatic heterocycles. The lowest BCUT2D eigenvalue weighted by molar-refractivity contribution is 0.0557. The highest BCUT2D eigenvalue weighted by atomic mass is 79.9. The van der Waals surface area contributed by atoms with Crippen molar-refractivity contribution in [3.63, 3.8) is 0 Å². The van der Waals surface area contributed by atoms with Gasteiger partial charge in [0.15, 0.2) is 0 Å². The van der Waals surface area contributed by atoms with E-state index in [2.05, 4.69) is 28.6 Å². The van der Waals surface area contributed by atoms with Crippen LogP contribution >= 0.6 is 47.9 Å². The topological polar surface area (TPSA) is 57.5 Å². The fraction of sp³-hybridized carbons (Fsp3) is 0.250. The molecule has 0 aliphatic rings. The second-order valence-corrected chi connectivity index (χ2v) is 9.17. The molecule has 0 saturated heterocycles. The Labute approximate surface area is 162 Å². The minimum absolute atomic E-state index is 0.0166. The first-order chi connectivity index (χ1) is 11.6. The Kier molecular flexibility index (Phi) is 7.16. The van der Waals surface area contributed by atoms with Crippen LogP contribution in [0.4, 0.5) is 8.78 Å². The summed E-state index contributed by atoms with van der Waals surface area (Å²) >= 11 is 8.81. The largest absolute Gasteiger partial charge is 0.399 e. The van der Waals surface area contributed by atoms with Crippen molar-refractivity contribution >= 4 is 47.9 Å². The van der Waals surface area contributed by atoms with Crippen molar-refractivity contribution in [2.24, 2.45) is 0 Å². The van der Waals surface area contributed by atoms with Crippen molar-refractivity contribution in [2.75, 3.05) is 0 Å². The van der Waals surface area contributed by atoms with Gasteiger partial charge >= 0.3 is 13.3 Å². The van der Waals surface area contributed by atoms with Gasteiger partial charge in [-0.05, 0) is 22.8 Å². The first-order valence-electron chi connectivity index (χ1n) is 7.14. The molecule has 3 nitrogen and oxygen atoms in total. The Balaban J connectivity index is 2.02. The molecule has 25 heavy (non-hydrogen) atoms. The Morgan fingerprint density at radius 2 is 1.56 bits per heavy atom. The third-order valence-corrected chi connectivity index (χ3v) is 6.54. The monoisotopic (exact) mass is 468 g/mol. The van der Waals surface area contributed by atoms with E-state index in [4.69, 9.17) is 9.79 Å². The smallest absolute Gasteiger partial charge is 0.320 e. The fourth-order valence-corrected chi connectivity index (χ4v) is 4.57. The van der Waals surface area contributed by atoms with Gasteiger partial charge in [0.25, 0.3) is 0 Å². The third kappa shape index (κ3) is 5.31. The van der Waals surface area contributed by atoms with Crippen molar-refractivity contribution in [2.45, 2.75) is 22.9 Å². The molecule has 0 amide bonds. The van der Waals surface area contributed by atoms with Gasteiger partial charge in [0.05, 0.1) is 0 Å². The number of thioether (sulfide) groups is 1. The molecule has 0 atom stereocenters. The van der Waals surface area contributed by atoms with Gasteiger partial charge in [0.1, 0.15) is 0 Å². The highest BCUT2D eigenvalue weighted by molar-refractivity contribution is 9.10. The highest BCUT2D eigenvalue weighted by Gasteiger charge is 2.51. The van der Waals surface area contributed by atoms with E-state index in [1.807, 2.05) is 24.3 Å². The van der Waals surface area contributed by atoms with Crippen LogP contribution in [0.25, 0.3) is 0 Å². The van der Waals surface area contributed by atoms with E-state index in [-0.39, 0.29) is 4.47 Å². The molecule has 0 heterocycles. The first kappa shape index (κ1) is 20.9. The van der Waals surface area contributed by atoms with Gasteiger partial charge in [-0.3, -0.25) is 4.57 Å². The van der Waals surface area contributed by atoms with Crippen LogP contribution in [0.2, 0.25) is 0 Å². The number of rotatable bonds is 7. The van der Waals surface area contributed by atoms with Crippen LogP contribution in [0.5, 0.6) is 0 Å². The van der Waals surface area contributed by atoms with E-state index in [0.29, 0.717) is 11.5 Å². The SMILES string of the molecule is O=P(O)(O)C(F)(F)c1ccc(CSCc2ccc(CS)cc2)cc1Br. The zero-order valence-electron chi connectivity index (χ0n) is 12.9. The van der Waals surface area contributed by atoms with Gasteiger partial charge in [-0.2, -0.15) is 33.2 Å². The van der Waals surface area contributed by atoms with E-state index in [0.717, 1.165) is 28.5 Å². The highest BCUT2D eigenvalue weighted by Crippen LogP contribution is 2.60. The van der Waals surface area contributed by atoms with Crippen molar-refractivity contribution in [1.82, 2.24) is 0 Å². The molecule has 0 aromatic heterocycles. The minimum Gasteiger partial charge on any atom is -0.320 e. The number of halogens is 3. The number of benzene rings is 2. The summed E-state index contributed by atoms with van der Waals surface area (Å²) in [5.74, 6) is 2.05. The molecule has 2 N–H and O–H groups in total. The van der Waals surface area contributed by atoms with Crippen LogP contribution < -0.4 is 0 Å². The maximum absolute atomic E-state index is 13.8. The van der Waals surface area contributed by atoms with Crippen molar-refractivity contribution < 1.29 is 23.1 Å². The predicted molar refractivity (Wildman–Crippen MR) is 104 cm³/mol. The quantitative estimate of drug-likeness (QED) is 0.368. The average molecular weight is 469 g/mol. The molecule has 2 aromatic rings. The van der Waals surface area contributed by atoms with Crippen LogP contribution in [0, 0.1) is 0 Å². The van der Waals surface area contributed by atoms with E-state index in [1.54, 1.807) is 11.8 Å². The van der Waals surface area contributed by atoms with Crippen LogP contribution in [0.1, 0.15) is 22.3 Å². The zero-order chi connectivity index (χ0) is 18.7. The lowest BCUT2D eigenvalue weighted by Crippen LogP contribution is -2.14. The number of hydrogen-bond acceptors (Lipinski definition) is 3. The summed E-state index contributed by atoms with van der Waals surface area (Å²) in [6.07, 6.45) is 0. The summed E-state index contributed by atoms with van der Waals surface area (Å²) in [4.78, 5) is 17.7. The third-order valence-electron chi connectivity index (χ3n) is 3.47. The van der Waals surface area contributed by atoms with Crippen molar-refractivity contribution in [3.8, 4) is 0 Å². The Hall–Kier alpha value is -0.370. The minimum atomic E-state index is -5.57. The van der Waals surface area contributed by atoms with Gasteiger partial charge in [-0.15, -0.1) is 0 Å². The normalized spacial score (nSPS) is 12.4. The van der Waals surface area contributed by atoms with Gasteiger partial charge in [-0.1, -0.05) is 52.3 Å². The van der Waals surface area contributed by atoms with E-state index >= 15 is 0 Å². The lowest BCUT2D eigenvalue weighted by atomic mass is 10.1. The summed E-state index contributed by atoms with van der Waals surface area (Å²) in [6.45, 7) is 0. The zero-order valence-corrected chi connectivity index (χ0v) is 17.1. The first-order valence-corrected chi connectivity index (χ1v) is 11.3. The van der Waals surface area contributed by atoms with E-state index in [1.165, 1.54) is 12.1 Å². The summed E-state index contributed by atoms with van der Waals surface area (Å²) in [7, 11) is -5.57. The maximum Gasteiger partial charge on any atom is 0.399 e. The standard InChI is InChI=1S/C16H16BrF2O3PS2/c17-15-7-13(5-6-14(15)16(18,19)23(20,21)22)10-25-9-12-3-1-11(8-24)2-4-12/h1-7,24H,8-10H2,(H2,20,21,22). The number of hydrogen-bond donors (Lipinski definition) is 3. The molecule has 0 spiro atoms. The second-order valence-electron chi connectivity index (χ2n) is 5.37. The molecule has 2 aromatic carbocycles. The lowest BCUT2D eigenvalue weighted by Gasteiger charge is -2.19. The van der Waals surface area contributed by atoms with Crippen molar-refractivity contribution in [1.29, 1.82) is 0 Å². The van der Waals surface area contributed by atoms with Gasteiger partial charge in [0.2, 0.25) is 0 Å². The average Bonchev–Trinajstić information content (AvgIpc) is 2.54. The van der Waals surface area contributed by atoms with E-state index < -0.39 is 18.8 Å². The van der Waals surface area contributed by atoms with Crippen molar-refractivity contribution in [3.05, 3.63) is 69.2 Å². The summed E-state index contributed by atoms with van der Waals surface area (Å²) in [5, 5.41) is 0. The van der Waals surface area contributed by atoms with Crippen LogP contribution in [-0.2, 0) is 27.5 Å². The molecule has 136 valence electrons. The Morgan fingerprint density at radius 3 is 2.08 bits per heavy atom. The molecular weight excluding hydrogens is 453 g/mol.